The highest BCUT2D eigenvalue weighted by atomic mass is 16.5. The van der Waals surface area contributed by atoms with Crippen molar-refractivity contribution in [3.05, 3.63) is 46.8 Å². The fourth-order valence-electron chi connectivity index (χ4n) is 3.73. The van der Waals surface area contributed by atoms with Crippen LogP contribution in [0, 0.1) is 13.8 Å². The van der Waals surface area contributed by atoms with E-state index in [2.05, 4.69) is 27.5 Å². The molecule has 1 N–H and O–H groups in total. The highest BCUT2D eigenvalue weighted by molar-refractivity contribution is 5.76. The van der Waals surface area contributed by atoms with E-state index in [1.165, 1.54) is 18.4 Å². The first-order chi connectivity index (χ1) is 13.1. The minimum absolute atomic E-state index is 0.0627. The Morgan fingerprint density at radius 3 is 2.56 bits per heavy atom. The topological polar surface area (TPSA) is 67.6 Å². The number of rotatable bonds is 8. The Kier molecular flexibility index (Phi) is 6.50. The summed E-state index contributed by atoms with van der Waals surface area (Å²) in [4.78, 5) is 14.9. The van der Waals surface area contributed by atoms with E-state index in [0.717, 1.165) is 35.9 Å². The lowest BCUT2D eigenvalue weighted by Crippen LogP contribution is -2.36. The van der Waals surface area contributed by atoms with Crippen LogP contribution in [0.3, 0.4) is 0 Å². The Morgan fingerprint density at radius 2 is 1.96 bits per heavy atom. The van der Waals surface area contributed by atoms with Crippen LogP contribution in [-0.2, 0) is 11.2 Å². The third kappa shape index (κ3) is 4.89. The van der Waals surface area contributed by atoms with Crippen LogP contribution >= 0.6 is 0 Å². The first kappa shape index (κ1) is 19.4. The number of aryl methyl sites for hydroxylation is 2. The molecular weight excluding hydrogens is 342 g/mol. The average molecular weight is 371 g/mol. The van der Waals surface area contributed by atoms with Gasteiger partial charge >= 0.3 is 0 Å². The summed E-state index contributed by atoms with van der Waals surface area (Å²) in [6.07, 6.45) is 3.53. The molecule has 1 aliphatic rings. The average Bonchev–Trinajstić information content (AvgIpc) is 3.31. The summed E-state index contributed by atoms with van der Waals surface area (Å²) in [6.45, 7) is 6.57. The van der Waals surface area contributed by atoms with E-state index >= 15 is 0 Å². The van der Waals surface area contributed by atoms with Crippen molar-refractivity contribution in [3.63, 3.8) is 0 Å². The standard InChI is InChI=1S/C21H29N3O3/c1-15-19(16(2)27-23-15)10-11-21(25)22-14-20(24-12-4-5-13-24)17-6-8-18(26-3)9-7-17/h6-9,20H,4-5,10-14H2,1-3H3,(H,22,25)/t20-/m0/s1. The number of nitrogens with zero attached hydrogens (tertiary/aromatic N) is 2. The quantitative estimate of drug-likeness (QED) is 0.772. The number of amides is 1. The van der Waals surface area contributed by atoms with Crippen LogP contribution in [0.2, 0.25) is 0 Å². The summed E-state index contributed by atoms with van der Waals surface area (Å²) >= 11 is 0. The van der Waals surface area contributed by atoms with E-state index in [9.17, 15) is 4.79 Å². The molecule has 1 atom stereocenters. The summed E-state index contributed by atoms with van der Waals surface area (Å²) in [5.41, 5.74) is 3.12. The van der Waals surface area contributed by atoms with E-state index in [-0.39, 0.29) is 11.9 Å². The van der Waals surface area contributed by atoms with Gasteiger partial charge in [0.2, 0.25) is 5.91 Å². The molecular formula is C21H29N3O3. The summed E-state index contributed by atoms with van der Waals surface area (Å²) in [7, 11) is 1.67. The minimum atomic E-state index is 0.0627. The Balaban J connectivity index is 1.59. The first-order valence-corrected chi connectivity index (χ1v) is 9.65. The fourth-order valence-corrected chi connectivity index (χ4v) is 3.73. The number of hydrogen-bond donors (Lipinski definition) is 1. The maximum atomic E-state index is 12.4. The van der Waals surface area contributed by atoms with Crippen molar-refractivity contribution in [1.82, 2.24) is 15.4 Å². The van der Waals surface area contributed by atoms with Crippen molar-refractivity contribution >= 4 is 5.91 Å². The van der Waals surface area contributed by atoms with Crippen LogP contribution in [0.25, 0.3) is 0 Å². The van der Waals surface area contributed by atoms with E-state index in [4.69, 9.17) is 9.26 Å². The molecule has 1 saturated heterocycles. The smallest absolute Gasteiger partial charge is 0.220 e. The molecule has 1 fully saturated rings. The summed E-state index contributed by atoms with van der Waals surface area (Å²) in [6, 6.07) is 8.35. The molecule has 0 bridgehead atoms. The lowest BCUT2D eigenvalue weighted by atomic mass is 10.0. The molecule has 27 heavy (non-hydrogen) atoms. The molecule has 2 aromatic rings. The molecule has 0 spiro atoms. The van der Waals surface area contributed by atoms with Crippen LogP contribution in [0.4, 0.5) is 0 Å². The molecule has 0 saturated carbocycles. The van der Waals surface area contributed by atoms with E-state index in [1.807, 2.05) is 26.0 Å². The number of hydrogen-bond acceptors (Lipinski definition) is 5. The first-order valence-electron chi connectivity index (χ1n) is 9.65. The van der Waals surface area contributed by atoms with Crippen LogP contribution in [0.15, 0.2) is 28.8 Å². The van der Waals surface area contributed by atoms with E-state index in [0.29, 0.717) is 19.4 Å². The Labute approximate surface area is 160 Å². The van der Waals surface area contributed by atoms with Gasteiger partial charge in [-0.05, 0) is 63.9 Å². The Bertz CT molecular complexity index is 729. The molecule has 6 heteroatoms. The van der Waals surface area contributed by atoms with Crippen LogP contribution in [0.5, 0.6) is 5.75 Å². The molecule has 3 rings (SSSR count). The second-order valence-corrected chi connectivity index (χ2v) is 7.14. The highest BCUT2D eigenvalue weighted by Gasteiger charge is 2.24. The zero-order valence-electron chi connectivity index (χ0n) is 16.5. The summed E-state index contributed by atoms with van der Waals surface area (Å²) in [5, 5.41) is 7.08. The van der Waals surface area contributed by atoms with Crippen LogP contribution in [-0.4, -0.2) is 42.7 Å². The highest BCUT2D eigenvalue weighted by Crippen LogP contribution is 2.26. The number of benzene rings is 1. The number of methoxy groups -OCH3 is 1. The molecule has 1 aliphatic heterocycles. The molecule has 6 nitrogen and oxygen atoms in total. The zero-order chi connectivity index (χ0) is 19.2. The summed E-state index contributed by atoms with van der Waals surface area (Å²) in [5.74, 6) is 1.71. The number of carbonyl (C=O) groups excluding carboxylic acids is 1. The van der Waals surface area contributed by atoms with Gasteiger partial charge in [-0.1, -0.05) is 17.3 Å². The van der Waals surface area contributed by atoms with Gasteiger partial charge < -0.3 is 14.6 Å². The molecule has 0 unspecified atom stereocenters. The lowest BCUT2D eigenvalue weighted by molar-refractivity contribution is -0.121. The largest absolute Gasteiger partial charge is 0.497 e. The predicted octanol–water partition coefficient (Wildman–Crippen LogP) is 3.19. The van der Waals surface area contributed by atoms with Gasteiger partial charge in [-0.15, -0.1) is 0 Å². The fraction of sp³-hybridized carbons (Fsp3) is 0.524. The molecule has 0 aliphatic carbocycles. The summed E-state index contributed by atoms with van der Waals surface area (Å²) < 4.78 is 10.4. The van der Waals surface area contributed by atoms with Crippen LogP contribution in [0.1, 0.15) is 47.9 Å². The van der Waals surface area contributed by atoms with Gasteiger partial charge in [0.25, 0.3) is 0 Å². The maximum Gasteiger partial charge on any atom is 0.220 e. The number of ether oxygens (including phenoxy) is 1. The van der Waals surface area contributed by atoms with Crippen molar-refractivity contribution in [3.8, 4) is 5.75 Å². The van der Waals surface area contributed by atoms with Crippen molar-refractivity contribution in [2.75, 3.05) is 26.7 Å². The molecule has 0 radical (unpaired) electrons. The Morgan fingerprint density at radius 1 is 1.26 bits per heavy atom. The SMILES string of the molecule is COc1ccc([C@H](CNC(=O)CCc2c(C)noc2C)N2CCCC2)cc1. The van der Waals surface area contributed by atoms with Gasteiger partial charge in [-0.25, -0.2) is 0 Å². The van der Waals surface area contributed by atoms with Crippen LogP contribution < -0.4 is 10.1 Å². The maximum absolute atomic E-state index is 12.4. The number of carbonyl (C=O) groups is 1. The number of nitrogens with one attached hydrogen (secondary N) is 1. The van der Waals surface area contributed by atoms with Gasteiger partial charge in [0.1, 0.15) is 11.5 Å². The molecule has 146 valence electrons. The van der Waals surface area contributed by atoms with Crippen molar-refractivity contribution in [2.24, 2.45) is 0 Å². The van der Waals surface area contributed by atoms with Gasteiger partial charge in [0.05, 0.1) is 18.8 Å². The lowest BCUT2D eigenvalue weighted by Gasteiger charge is -2.28. The Hall–Kier alpha value is -2.34. The number of likely N-dealkylation sites (tertiary alicyclic amines) is 1. The molecule has 1 aromatic heterocycles. The minimum Gasteiger partial charge on any atom is -0.497 e. The van der Waals surface area contributed by atoms with Gasteiger partial charge in [-0.2, -0.15) is 0 Å². The third-order valence-corrected chi connectivity index (χ3v) is 5.36. The van der Waals surface area contributed by atoms with E-state index in [1.54, 1.807) is 7.11 Å². The number of aromatic nitrogens is 1. The molecule has 1 amide bonds. The van der Waals surface area contributed by atoms with Gasteiger partial charge in [0, 0.05) is 18.5 Å². The van der Waals surface area contributed by atoms with Gasteiger partial charge in [-0.3, -0.25) is 9.69 Å². The van der Waals surface area contributed by atoms with Crippen molar-refractivity contribution in [2.45, 2.75) is 45.6 Å². The van der Waals surface area contributed by atoms with Crippen molar-refractivity contribution < 1.29 is 14.1 Å². The third-order valence-electron chi connectivity index (χ3n) is 5.36. The normalized spacial score (nSPS) is 15.7. The van der Waals surface area contributed by atoms with Crippen molar-refractivity contribution in [1.29, 1.82) is 0 Å². The predicted molar refractivity (Wildman–Crippen MR) is 104 cm³/mol. The van der Waals surface area contributed by atoms with E-state index < -0.39 is 0 Å². The molecule has 2 heterocycles. The monoisotopic (exact) mass is 371 g/mol. The second-order valence-electron chi connectivity index (χ2n) is 7.14. The zero-order valence-corrected chi connectivity index (χ0v) is 16.5. The molecule has 1 aromatic carbocycles. The van der Waals surface area contributed by atoms with Gasteiger partial charge in [0.15, 0.2) is 0 Å². The second kappa shape index (κ2) is 9.04.